The number of anilines is 1. The third kappa shape index (κ3) is 4.28. The monoisotopic (exact) mass is 445 g/mol. The molecule has 0 spiro atoms. The van der Waals surface area contributed by atoms with Crippen LogP contribution < -0.4 is 10.1 Å². The molecular formula is C23H19F4N3O2. The lowest BCUT2D eigenvalue weighted by molar-refractivity contribution is -0.117. The summed E-state index contributed by atoms with van der Waals surface area (Å²) in [5.41, 5.74) is -0.402. The molecule has 2 atom stereocenters. The minimum atomic E-state index is -1.04. The molecule has 1 amide bonds. The number of rotatable bonds is 6. The number of aromatic nitrogens is 2. The van der Waals surface area contributed by atoms with Gasteiger partial charge in [-0.25, -0.2) is 27.5 Å². The summed E-state index contributed by atoms with van der Waals surface area (Å²) in [7, 11) is 0. The van der Waals surface area contributed by atoms with E-state index in [0.29, 0.717) is 23.3 Å². The summed E-state index contributed by atoms with van der Waals surface area (Å²) in [6, 6.07) is 5.82. The van der Waals surface area contributed by atoms with Gasteiger partial charge >= 0.3 is 0 Å². The first kappa shape index (κ1) is 21.7. The molecule has 1 N–H and O–H groups in total. The molecule has 1 fully saturated rings. The number of carbonyl (C=O) groups excluding carboxylic acids is 1. The van der Waals surface area contributed by atoms with E-state index >= 15 is 0 Å². The number of benzene rings is 2. The van der Waals surface area contributed by atoms with E-state index in [2.05, 4.69) is 15.3 Å². The van der Waals surface area contributed by atoms with Gasteiger partial charge in [0.2, 0.25) is 5.91 Å². The molecule has 166 valence electrons. The fourth-order valence-electron chi connectivity index (χ4n) is 3.78. The zero-order chi connectivity index (χ0) is 23.0. The Morgan fingerprint density at radius 3 is 2.47 bits per heavy atom. The van der Waals surface area contributed by atoms with Crippen molar-refractivity contribution in [2.75, 3.05) is 11.9 Å². The first-order valence-corrected chi connectivity index (χ1v) is 9.83. The van der Waals surface area contributed by atoms with Crippen molar-refractivity contribution in [1.29, 1.82) is 0 Å². The second-order valence-corrected chi connectivity index (χ2v) is 7.84. The van der Waals surface area contributed by atoms with Crippen LogP contribution in [0.2, 0.25) is 0 Å². The van der Waals surface area contributed by atoms with E-state index in [4.69, 9.17) is 4.74 Å². The second-order valence-electron chi connectivity index (χ2n) is 7.84. The van der Waals surface area contributed by atoms with Crippen molar-refractivity contribution < 1.29 is 27.1 Å². The van der Waals surface area contributed by atoms with Gasteiger partial charge in [0.15, 0.2) is 5.75 Å². The summed E-state index contributed by atoms with van der Waals surface area (Å²) in [5.74, 6) is -3.66. The molecule has 0 unspecified atom stereocenters. The van der Waals surface area contributed by atoms with Crippen LogP contribution in [0.1, 0.15) is 23.5 Å². The van der Waals surface area contributed by atoms with Gasteiger partial charge in [0.1, 0.15) is 29.1 Å². The molecule has 2 aromatic carbocycles. The molecule has 0 radical (unpaired) electrons. The van der Waals surface area contributed by atoms with Crippen molar-refractivity contribution in [2.45, 2.75) is 25.7 Å². The van der Waals surface area contributed by atoms with Gasteiger partial charge in [0, 0.05) is 17.5 Å². The molecule has 0 bridgehead atoms. The van der Waals surface area contributed by atoms with E-state index in [0.717, 1.165) is 30.3 Å². The van der Waals surface area contributed by atoms with Crippen LogP contribution >= 0.6 is 0 Å². The third-order valence-corrected chi connectivity index (χ3v) is 5.56. The summed E-state index contributed by atoms with van der Waals surface area (Å²) >= 11 is 0. The van der Waals surface area contributed by atoms with E-state index in [1.54, 1.807) is 13.8 Å². The molecule has 3 aromatic rings. The molecule has 1 aliphatic carbocycles. The number of amides is 1. The van der Waals surface area contributed by atoms with E-state index in [1.165, 1.54) is 6.20 Å². The zero-order valence-electron chi connectivity index (χ0n) is 17.3. The Balaban J connectivity index is 1.61. The van der Waals surface area contributed by atoms with Gasteiger partial charge in [-0.3, -0.25) is 4.79 Å². The summed E-state index contributed by atoms with van der Waals surface area (Å²) in [5, 5.41) is 2.42. The highest BCUT2D eigenvalue weighted by atomic mass is 19.1. The molecule has 1 heterocycles. The third-order valence-electron chi connectivity index (χ3n) is 5.56. The Hall–Kier alpha value is -3.49. The lowest BCUT2D eigenvalue weighted by Crippen LogP contribution is -2.27. The highest BCUT2D eigenvalue weighted by Crippen LogP contribution is 2.55. The number of carbonyl (C=O) groups is 1. The van der Waals surface area contributed by atoms with Crippen LogP contribution in [0.5, 0.6) is 5.75 Å². The second kappa shape index (κ2) is 8.22. The van der Waals surface area contributed by atoms with Crippen molar-refractivity contribution in [3.8, 4) is 5.75 Å². The highest BCUT2D eigenvalue weighted by molar-refractivity contribution is 5.96. The van der Waals surface area contributed by atoms with E-state index in [-0.39, 0.29) is 24.3 Å². The highest BCUT2D eigenvalue weighted by Gasteiger charge is 2.60. The van der Waals surface area contributed by atoms with Crippen molar-refractivity contribution >= 4 is 11.6 Å². The largest absolute Gasteiger partial charge is 0.489 e. The van der Waals surface area contributed by atoms with Gasteiger partial charge < -0.3 is 10.1 Å². The number of hydrogen-bond donors (Lipinski definition) is 1. The molecule has 0 saturated heterocycles. The van der Waals surface area contributed by atoms with Crippen molar-refractivity contribution in [2.24, 2.45) is 5.92 Å². The van der Waals surface area contributed by atoms with Crippen LogP contribution in [-0.2, 0) is 10.2 Å². The van der Waals surface area contributed by atoms with Crippen LogP contribution in [-0.4, -0.2) is 22.5 Å². The van der Waals surface area contributed by atoms with Gasteiger partial charge in [-0.1, -0.05) is 0 Å². The normalized spacial score (nSPS) is 19.5. The zero-order valence-corrected chi connectivity index (χ0v) is 17.3. The Morgan fingerprint density at radius 2 is 1.81 bits per heavy atom. The molecule has 9 heteroatoms. The predicted octanol–water partition coefficient (Wildman–Crippen LogP) is 4.63. The van der Waals surface area contributed by atoms with E-state index in [1.807, 2.05) is 0 Å². The molecule has 1 aliphatic rings. The van der Waals surface area contributed by atoms with E-state index < -0.39 is 40.5 Å². The maximum Gasteiger partial charge on any atom is 0.228 e. The average molecular weight is 445 g/mol. The lowest BCUT2D eigenvalue weighted by Gasteiger charge is -2.20. The first-order valence-electron chi connectivity index (χ1n) is 9.83. The summed E-state index contributed by atoms with van der Waals surface area (Å²) < 4.78 is 60.8. The number of hydrogen-bond acceptors (Lipinski definition) is 4. The van der Waals surface area contributed by atoms with E-state index in [9.17, 15) is 22.4 Å². The quantitative estimate of drug-likeness (QED) is 0.563. The van der Waals surface area contributed by atoms with Crippen LogP contribution in [0, 0.1) is 43.0 Å². The molecular weight excluding hydrogens is 426 g/mol. The maximum atomic E-state index is 14.0. The number of nitrogens with zero attached hydrogens (tertiary/aromatic N) is 2. The van der Waals surface area contributed by atoms with Gasteiger partial charge in [-0.15, -0.1) is 0 Å². The molecule has 1 aromatic heterocycles. The lowest BCUT2D eigenvalue weighted by atomic mass is 9.93. The average Bonchev–Trinajstić information content (AvgIpc) is 3.45. The predicted molar refractivity (Wildman–Crippen MR) is 108 cm³/mol. The summed E-state index contributed by atoms with van der Waals surface area (Å²) in [6.07, 6.45) is 1.71. The molecule has 4 rings (SSSR count). The first-order chi connectivity index (χ1) is 15.2. The smallest absolute Gasteiger partial charge is 0.228 e. The van der Waals surface area contributed by atoms with Gasteiger partial charge in [-0.05, 0) is 50.1 Å². The summed E-state index contributed by atoms with van der Waals surface area (Å²) in [4.78, 5) is 21.2. The van der Waals surface area contributed by atoms with Crippen molar-refractivity contribution in [1.82, 2.24) is 9.97 Å². The van der Waals surface area contributed by atoms with Crippen LogP contribution in [0.4, 0.5) is 23.2 Å². The summed E-state index contributed by atoms with van der Waals surface area (Å²) in [6.45, 7) is 3.38. The molecule has 1 saturated carbocycles. The van der Waals surface area contributed by atoms with Gasteiger partial charge in [0.05, 0.1) is 30.1 Å². The number of halogens is 4. The minimum absolute atomic E-state index is 0.0762. The molecule has 32 heavy (non-hydrogen) atoms. The Labute approximate surface area is 181 Å². The fourth-order valence-corrected chi connectivity index (χ4v) is 3.78. The van der Waals surface area contributed by atoms with Gasteiger partial charge in [0.25, 0.3) is 0 Å². The number of aryl methyl sites for hydroxylation is 2. The van der Waals surface area contributed by atoms with Crippen LogP contribution in [0.25, 0.3) is 0 Å². The Morgan fingerprint density at radius 1 is 1.09 bits per heavy atom. The van der Waals surface area contributed by atoms with Gasteiger partial charge in [-0.2, -0.15) is 0 Å². The minimum Gasteiger partial charge on any atom is -0.489 e. The Bertz CT molecular complexity index is 1180. The van der Waals surface area contributed by atoms with Crippen molar-refractivity contribution in [3.63, 3.8) is 0 Å². The number of nitrogens with one attached hydrogen (secondary N) is 1. The maximum absolute atomic E-state index is 14.0. The van der Waals surface area contributed by atoms with Crippen LogP contribution in [0.3, 0.4) is 0 Å². The topological polar surface area (TPSA) is 64.1 Å². The molecule has 5 nitrogen and oxygen atoms in total. The number of ether oxygens (including phenoxy) is 1. The fraction of sp³-hybridized carbons (Fsp3) is 0.261. The Kier molecular flexibility index (Phi) is 5.58. The standard InChI is InChI=1S/C23H19F4N3O2/c1-12-21(10-28-13(2)29-12)32-11-23(14-5-16(25)7-17(26)6-14)9-18(23)22(31)30-20-4-3-15(24)8-19(20)27/h3-8,10,18H,9,11H2,1-2H3,(H,30,31)/t18-,23+/m0/s1. The van der Waals surface area contributed by atoms with Crippen molar-refractivity contribution in [3.05, 3.63) is 82.9 Å². The molecule has 0 aliphatic heterocycles. The van der Waals surface area contributed by atoms with Crippen LogP contribution in [0.15, 0.2) is 42.6 Å². The SMILES string of the molecule is Cc1ncc(OC[C@@]2(c3cc(F)cc(F)c3)C[C@H]2C(=O)Nc2ccc(F)cc2F)c(C)n1.